The minimum atomic E-state index is -1.91. The number of benzene rings is 2. The molecule has 476 valence electrons. The number of alkyl halides is 2. The van der Waals surface area contributed by atoms with Crippen LogP contribution in [0.25, 0.3) is 10.9 Å². The zero-order valence-electron chi connectivity index (χ0n) is 50.3. The number of halogens is 3. The summed E-state index contributed by atoms with van der Waals surface area (Å²) in [4.78, 5) is 113. The number of nitrogens with one attached hydrogen (secondary N) is 6. The zero-order valence-corrected chi connectivity index (χ0v) is 54.2. The van der Waals surface area contributed by atoms with E-state index in [1.807, 2.05) is 13.0 Å². The molecule has 6 rings (SSSR count). The molecule has 2 aromatic carbocycles. The lowest BCUT2D eigenvalue weighted by Gasteiger charge is -2.42. The molecule has 87 heavy (non-hydrogen) atoms. The standard InChI is InChI=1S/C60H80Br2ClN9O15/c1-32(2)50(70-47(73)20-11-10-16-34(4)84-55(77)37(30-61)31-62)54(76)68-41(18-14-24-66-56(64)78)53(75)67-40-22-21-39(38-17-13-23-65-51(38)40)69-57(79)86-46-28-48(74)72(7)42-26-36(27-43(82-8)49(42)63)25-33(3)15-12-19-45(83-9)60(81)29-44(85-58(80)71-60)35(5)52-59(46,6)87-52/h12-13,15,17,19,21-23,26-27,32,34-35,37,41,44-46,50,52,81H,10-11,14,16,18,20,24-25,28-31H2,1-9H3,(H,67,75)(H,68,76)(H,69,79)(H,70,73)(H,71,80)(H3,64,66,78)/b19-12+,33-15+/t34?,35-,41+,44+,45-,46+,50+,52+,59+,60+/m1/s1. The van der Waals surface area contributed by atoms with E-state index in [9.17, 15) is 43.5 Å². The van der Waals surface area contributed by atoms with Crippen molar-refractivity contribution in [2.45, 2.75) is 153 Å². The molecule has 0 aliphatic carbocycles. The molecule has 27 heteroatoms. The Labute approximate surface area is 528 Å². The Morgan fingerprint density at radius 3 is 2.39 bits per heavy atom. The molecule has 10 atom stereocenters. The van der Waals surface area contributed by atoms with E-state index < -0.39 is 102 Å². The van der Waals surface area contributed by atoms with Crippen LogP contribution in [-0.4, -0.2) is 150 Å². The van der Waals surface area contributed by atoms with Gasteiger partial charge in [0.05, 0.1) is 54.2 Å². The number of amides is 8. The predicted octanol–water partition coefficient (Wildman–Crippen LogP) is 7.83. The van der Waals surface area contributed by atoms with Crippen LogP contribution < -0.4 is 47.3 Å². The number of hydrogen-bond acceptors (Lipinski definition) is 16. The third kappa shape index (κ3) is 18.5. The van der Waals surface area contributed by atoms with Crippen LogP contribution in [-0.2, 0) is 54.1 Å². The molecule has 3 aliphatic heterocycles. The SMILES string of the molecule is COc1cc2cc(c1Cl)N(C)C(=O)C[C@H](OC(=O)Nc1ccc(NC(=O)[C@H](CCCNC(N)=O)NC(=O)[C@@H](NC(=O)CCCCC(C)OC(=O)C(CBr)CBr)C(C)C)c3ncccc13)[C@]1(C)O[C@H]1[C@H](C)[C@@H]1C[C@@](O)(NC(=O)O1)[C@H](OC)/C=C/C=C(\C)C2. The van der Waals surface area contributed by atoms with Gasteiger partial charge in [-0.3, -0.25) is 39.6 Å². The molecule has 1 aromatic heterocycles. The Morgan fingerprint density at radius 1 is 0.989 bits per heavy atom. The number of urea groups is 1. The average Bonchev–Trinajstić information content (AvgIpc) is 1.61. The second kappa shape index (κ2) is 31.6. The van der Waals surface area contributed by atoms with Gasteiger partial charge in [0.25, 0.3) is 0 Å². The molecule has 4 bridgehead atoms. The minimum absolute atomic E-state index is 0.0337. The maximum atomic E-state index is 14.6. The van der Waals surface area contributed by atoms with E-state index in [1.165, 1.54) is 44.5 Å². The van der Waals surface area contributed by atoms with Crippen molar-refractivity contribution in [3.8, 4) is 5.75 Å². The highest BCUT2D eigenvalue weighted by Crippen LogP contribution is 2.49. The minimum Gasteiger partial charge on any atom is -0.495 e. The number of ether oxygens (including phenoxy) is 6. The summed E-state index contributed by atoms with van der Waals surface area (Å²) in [6.45, 7) is 10.7. The number of epoxide rings is 1. The molecule has 2 saturated heterocycles. The van der Waals surface area contributed by atoms with Gasteiger partial charge in [0.1, 0.15) is 46.8 Å². The van der Waals surface area contributed by atoms with Crippen molar-refractivity contribution >= 4 is 119 Å². The number of methoxy groups -OCH3 is 2. The lowest BCUT2D eigenvalue weighted by molar-refractivity contribution is -0.152. The van der Waals surface area contributed by atoms with Gasteiger partial charge in [-0.15, -0.1) is 0 Å². The van der Waals surface area contributed by atoms with E-state index in [1.54, 1.807) is 71.0 Å². The Morgan fingerprint density at radius 2 is 1.71 bits per heavy atom. The summed E-state index contributed by atoms with van der Waals surface area (Å²) >= 11 is 13.5. The number of pyridine rings is 1. The van der Waals surface area contributed by atoms with Crippen LogP contribution in [0, 0.1) is 17.8 Å². The smallest absolute Gasteiger partial charge is 0.412 e. The first kappa shape index (κ1) is 69.5. The van der Waals surface area contributed by atoms with Crippen LogP contribution in [0.4, 0.5) is 31.4 Å². The normalized spacial score (nSPS) is 24.1. The van der Waals surface area contributed by atoms with Crippen molar-refractivity contribution in [2.24, 2.45) is 23.5 Å². The number of hydrogen-bond donors (Lipinski definition) is 8. The van der Waals surface area contributed by atoms with Crippen molar-refractivity contribution in [3.05, 3.63) is 77.0 Å². The summed E-state index contributed by atoms with van der Waals surface area (Å²) in [6.07, 6.45) is 2.15. The number of allylic oxidation sites excluding steroid dienone is 3. The maximum Gasteiger partial charge on any atom is 0.412 e. The number of rotatable bonds is 23. The summed E-state index contributed by atoms with van der Waals surface area (Å²) in [6, 6.07) is 6.78. The van der Waals surface area contributed by atoms with E-state index in [4.69, 9.17) is 45.8 Å². The van der Waals surface area contributed by atoms with Gasteiger partial charge in [-0.25, -0.2) is 14.4 Å². The summed E-state index contributed by atoms with van der Waals surface area (Å²) in [5, 5.41) is 29.6. The monoisotopic (exact) mass is 1360 g/mol. The third-order valence-electron chi connectivity index (χ3n) is 15.6. The lowest BCUT2D eigenvalue weighted by atomic mass is 9.83. The van der Waals surface area contributed by atoms with E-state index in [2.05, 4.69) is 68.7 Å². The number of alkyl carbamates (subject to hydrolysis) is 1. The van der Waals surface area contributed by atoms with Gasteiger partial charge in [-0.1, -0.05) is 88.0 Å². The molecular formula is C60H80Br2ClN9O15. The fourth-order valence-electron chi connectivity index (χ4n) is 10.5. The van der Waals surface area contributed by atoms with Crippen LogP contribution in [0.2, 0.25) is 5.02 Å². The first-order valence-electron chi connectivity index (χ1n) is 28.8. The molecule has 3 aliphatic rings. The lowest BCUT2D eigenvalue weighted by Crippen LogP contribution is -2.63. The molecule has 24 nitrogen and oxygen atoms in total. The average molecular weight is 1360 g/mol. The molecule has 0 spiro atoms. The van der Waals surface area contributed by atoms with Gasteiger partial charge in [0, 0.05) is 61.7 Å². The quantitative estimate of drug-likeness (QED) is 0.0147. The van der Waals surface area contributed by atoms with E-state index in [-0.39, 0.29) is 78.0 Å². The molecule has 8 amide bonds. The highest BCUT2D eigenvalue weighted by molar-refractivity contribution is 9.09. The number of fused-ring (bicyclic) bond motifs is 6. The molecule has 0 saturated carbocycles. The number of primary amides is 1. The molecule has 4 heterocycles. The predicted molar refractivity (Wildman–Crippen MR) is 334 cm³/mol. The molecular weight excluding hydrogens is 1280 g/mol. The molecule has 0 radical (unpaired) electrons. The Kier molecular flexibility index (Phi) is 25.2. The number of nitrogens with two attached hydrogens (primary N) is 1. The van der Waals surface area contributed by atoms with Crippen molar-refractivity contribution in [2.75, 3.05) is 54.0 Å². The molecule has 1 unspecified atom stereocenters. The maximum absolute atomic E-state index is 14.6. The zero-order chi connectivity index (χ0) is 63.9. The van der Waals surface area contributed by atoms with Gasteiger partial charge in [0.15, 0.2) is 5.72 Å². The number of nitrogens with zero attached hydrogens (tertiary/aromatic N) is 2. The van der Waals surface area contributed by atoms with Crippen LogP contribution in [0.1, 0.15) is 98.5 Å². The highest BCUT2D eigenvalue weighted by atomic mass is 79.9. The second-order valence-electron chi connectivity index (χ2n) is 22.6. The summed E-state index contributed by atoms with van der Waals surface area (Å²) in [7, 11) is 4.40. The van der Waals surface area contributed by atoms with E-state index >= 15 is 0 Å². The number of aromatic nitrogens is 1. The van der Waals surface area contributed by atoms with Crippen molar-refractivity contribution < 1.29 is 71.9 Å². The molecule has 2 fully saturated rings. The third-order valence-corrected chi connectivity index (χ3v) is 17.6. The first-order chi connectivity index (χ1) is 41.2. The van der Waals surface area contributed by atoms with Gasteiger partial charge >= 0.3 is 24.2 Å². The summed E-state index contributed by atoms with van der Waals surface area (Å²) < 4.78 is 35.2. The largest absolute Gasteiger partial charge is 0.495 e. The van der Waals surface area contributed by atoms with Gasteiger partial charge < -0.3 is 65.4 Å². The van der Waals surface area contributed by atoms with E-state index in [0.717, 1.165) is 11.1 Å². The number of carbonyl (C=O) groups excluding carboxylic acids is 8. The van der Waals surface area contributed by atoms with Crippen LogP contribution in [0.5, 0.6) is 5.75 Å². The topological polar surface area (TPSA) is 330 Å². The van der Waals surface area contributed by atoms with Crippen LogP contribution >= 0.6 is 43.5 Å². The second-order valence-corrected chi connectivity index (χ2v) is 24.3. The fraction of sp³-hybridized carbons (Fsp3) is 0.550. The van der Waals surface area contributed by atoms with Gasteiger partial charge in [0.2, 0.25) is 23.6 Å². The Bertz CT molecular complexity index is 3060. The van der Waals surface area contributed by atoms with Crippen molar-refractivity contribution in [3.63, 3.8) is 0 Å². The van der Waals surface area contributed by atoms with Crippen molar-refractivity contribution in [1.29, 1.82) is 0 Å². The number of carbonyl (C=O) groups is 8. The van der Waals surface area contributed by atoms with Crippen molar-refractivity contribution in [1.82, 2.24) is 26.3 Å². The number of anilines is 3. The molecule has 9 N–H and O–H groups in total. The first-order valence-corrected chi connectivity index (χ1v) is 31.4. The van der Waals surface area contributed by atoms with Gasteiger partial charge in [-0.2, -0.15) is 0 Å². The Balaban J connectivity index is 1.21. The summed E-state index contributed by atoms with van der Waals surface area (Å²) in [5.41, 5.74) is 4.60. The van der Waals surface area contributed by atoms with Crippen LogP contribution in [0.15, 0.2) is 66.4 Å². The number of unbranched alkanes of at least 4 members (excludes halogenated alkanes) is 1. The number of aliphatic hydroxyl groups is 1. The summed E-state index contributed by atoms with van der Waals surface area (Å²) in [5.74, 6) is -3.54. The van der Waals surface area contributed by atoms with Crippen LogP contribution in [0.3, 0.4) is 0 Å². The van der Waals surface area contributed by atoms with E-state index in [0.29, 0.717) is 53.2 Å². The fourth-order valence-corrected chi connectivity index (χ4v) is 12.5. The Hall–Kier alpha value is -6.58. The number of esters is 1. The van der Waals surface area contributed by atoms with Gasteiger partial charge in [-0.05, 0) is 107 Å². The molecule has 3 aromatic rings. The highest BCUT2D eigenvalue weighted by Gasteiger charge is 2.64.